The van der Waals surface area contributed by atoms with Gasteiger partial charge < -0.3 is 9.47 Å². The zero-order valence-electron chi connectivity index (χ0n) is 15.8. The van der Waals surface area contributed by atoms with E-state index in [1.54, 1.807) is 24.3 Å². The molecule has 0 atom stereocenters. The van der Waals surface area contributed by atoms with E-state index in [-0.39, 0.29) is 22.6 Å². The van der Waals surface area contributed by atoms with Crippen LogP contribution in [0.2, 0.25) is 0 Å². The van der Waals surface area contributed by atoms with Crippen molar-refractivity contribution in [2.45, 2.75) is 39.0 Å². The first-order valence-electron chi connectivity index (χ1n) is 9.23. The monoisotopic (exact) mass is 385 g/mol. The molecule has 2 aromatic carbocycles. The average Bonchev–Trinajstić information content (AvgIpc) is 2.71. The molecular weight excluding hydrogens is 362 g/mol. The molecule has 0 saturated heterocycles. The van der Waals surface area contributed by atoms with Crippen molar-refractivity contribution in [1.82, 2.24) is 0 Å². The minimum atomic E-state index is -0.664. The van der Waals surface area contributed by atoms with E-state index in [0.717, 1.165) is 18.9 Å². The fourth-order valence-corrected chi connectivity index (χ4v) is 2.58. The van der Waals surface area contributed by atoms with Gasteiger partial charge in [0.2, 0.25) is 0 Å². The largest absolute Gasteiger partial charge is 0.494 e. The Bertz CT molecular complexity index is 816. The first-order chi connectivity index (χ1) is 13.5. The Balaban J connectivity index is 1.92. The fraction of sp³-hybridized carbons (Fsp3) is 0.333. The number of ether oxygens (including phenoxy) is 2. The molecule has 0 aromatic heterocycles. The smallest absolute Gasteiger partial charge is 0.343 e. The van der Waals surface area contributed by atoms with Crippen LogP contribution in [0.4, 0.5) is 5.69 Å². The predicted octanol–water partition coefficient (Wildman–Crippen LogP) is 4.98. The van der Waals surface area contributed by atoms with E-state index in [4.69, 9.17) is 9.47 Å². The van der Waals surface area contributed by atoms with Gasteiger partial charge in [0.05, 0.1) is 22.7 Å². The van der Waals surface area contributed by atoms with Crippen molar-refractivity contribution in [1.29, 1.82) is 0 Å². The number of esters is 1. The molecule has 7 nitrogen and oxygen atoms in total. The van der Waals surface area contributed by atoms with E-state index in [9.17, 15) is 19.7 Å². The Kier molecular flexibility index (Phi) is 8.14. The molecule has 0 saturated carbocycles. The highest BCUT2D eigenvalue weighted by Crippen LogP contribution is 2.24. The Morgan fingerprint density at radius 1 is 1.07 bits per heavy atom. The summed E-state index contributed by atoms with van der Waals surface area (Å²) in [5, 5.41) is 10.8. The molecule has 7 heteroatoms. The number of benzene rings is 2. The second-order valence-corrected chi connectivity index (χ2v) is 6.27. The van der Waals surface area contributed by atoms with Crippen LogP contribution >= 0.6 is 0 Å². The summed E-state index contributed by atoms with van der Waals surface area (Å²) in [5.74, 6) is -0.0305. The number of nitro benzene ring substituents is 1. The molecule has 0 N–H and O–H groups in total. The number of nitrogens with zero attached hydrogens (tertiary/aromatic N) is 1. The van der Waals surface area contributed by atoms with Gasteiger partial charge in [-0.15, -0.1) is 0 Å². The highest BCUT2D eigenvalue weighted by Gasteiger charge is 2.15. The third kappa shape index (κ3) is 6.19. The second kappa shape index (κ2) is 10.8. The third-order valence-corrected chi connectivity index (χ3v) is 4.14. The van der Waals surface area contributed by atoms with Crippen LogP contribution in [0, 0.1) is 10.1 Å². The number of unbranched alkanes of at least 4 members (excludes halogenated alkanes) is 4. The van der Waals surface area contributed by atoms with Gasteiger partial charge in [0.15, 0.2) is 6.29 Å². The minimum absolute atomic E-state index is 0.0296. The first kappa shape index (κ1) is 21.1. The van der Waals surface area contributed by atoms with Gasteiger partial charge in [-0.3, -0.25) is 14.9 Å². The van der Waals surface area contributed by atoms with Crippen LogP contribution in [-0.2, 0) is 0 Å². The summed E-state index contributed by atoms with van der Waals surface area (Å²) in [5.41, 5.74) is -0.0332. The molecule has 28 heavy (non-hydrogen) atoms. The van der Waals surface area contributed by atoms with Crippen molar-refractivity contribution < 1.29 is 24.0 Å². The van der Waals surface area contributed by atoms with Crippen molar-refractivity contribution in [2.75, 3.05) is 6.61 Å². The highest BCUT2D eigenvalue weighted by atomic mass is 16.6. The molecule has 0 radical (unpaired) electrons. The van der Waals surface area contributed by atoms with Crippen LogP contribution in [-0.4, -0.2) is 23.8 Å². The number of carbonyl (C=O) groups is 2. The Hall–Kier alpha value is -3.22. The second-order valence-electron chi connectivity index (χ2n) is 6.27. The lowest BCUT2D eigenvalue weighted by atomic mass is 10.2. The predicted molar refractivity (Wildman–Crippen MR) is 104 cm³/mol. The molecule has 0 unspecified atom stereocenters. The number of hydrogen-bond acceptors (Lipinski definition) is 6. The first-order valence-corrected chi connectivity index (χ1v) is 9.23. The highest BCUT2D eigenvalue weighted by molar-refractivity contribution is 5.92. The van der Waals surface area contributed by atoms with Crippen LogP contribution in [0.25, 0.3) is 0 Å². The quantitative estimate of drug-likeness (QED) is 0.135. The average molecular weight is 385 g/mol. The molecule has 0 aliphatic rings. The number of aldehydes is 1. The van der Waals surface area contributed by atoms with Crippen LogP contribution in [0.1, 0.15) is 59.7 Å². The maximum atomic E-state index is 12.3. The molecule has 2 aromatic rings. The van der Waals surface area contributed by atoms with Gasteiger partial charge in [-0.1, -0.05) is 32.6 Å². The van der Waals surface area contributed by atoms with Crippen molar-refractivity contribution >= 4 is 17.9 Å². The van der Waals surface area contributed by atoms with Crippen molar-refractivity contribution in [3.63, 3.8) is 0 Å². The van der Waals surface area contributed by atoms with E-state index in [0.29, 0.717) is 18.6 Å². The number of rotatable bonds is 11. The molecule has 0 aliphatic carbocycles. The van der Waals surface area contributed by atoms with Gasteiger partial charge in [0.25, 0.3) is 5.69 Å². The fourth-order valence-electron chi connectivity index (χ4n) is 2.58. The number of hydrogen-bond donors (Lipinski definition) is 0. The van der Waals surface area contributed by atoms with E-state index in [2.05, 4.69) is 6.92 Å². The molecule has 2 rings (SSSR count). The van der Waals surface area contributed by atoms with E-state index < -0.39 is 10.9 Å². The van der Waals surface area contributed by atoms with Gasteiger partial charge in [-0.2, -0.15) is 0 Å². The normalized spacial score (nSPS) is 10.3. The van der Waals surface area contributed by atoms with Gasteiger partial charge >= 0.3 is 5.97 Å². The maximum absolute atomic E-state index is 12.3. The van der Waals surface area contributed by atoms with Crippen molar-refractivity contribution in [3.05, 3.63) is 63.7 Å². The van der Waals surface area contributed by atoms with Crippen LogP contribution < -0.4 is 9.47 Å². The molecule has 0 heterocycles. The van der Waals surface area contributed by atoms with Crippen LogP contribution in [0.5, 0.6) is 11.5 Å². The summed E-state index contributed by atoms with van der Waals surface area (Å²) < 4.78 is 10.8. The summed E-state index contributed by atoms with van der Waals surface area (Å²) in [4.78, 5) is 33.5. The third-order valence-electron chi connectivity index (χ3n) is 4.14. The Morgan fingerprint density at radius 3 is 2.43 bits per heavy atom. The van der Waals surface area contributed by atoms with E-state index in [1.807, 2.05) is 0 Å². The molecular formula is C21H23NO6. The van der Waals surface area contributed by atoms with Crippen LogP contribution in [0.15, 0.2) is 42.5 Å². The van der Waals surface area contributed by atoms with Crippen molar-refractivity contribution in [2.24, 2.45) is 0 Å². The summed E-state index contributed by atoms with van der Waals surface area (Å²) in [7, 11) is 0. The Morgan fingerprint density at radius 2 is 1.79 bits per heavy atom. The van der Waals surface area contributed by atoms with Gasteiger partial charge in [-0.25, -0.2) is 4.79 Å². The van der Waals surface area contributed by atoms with Crippen molar-refractivity contribution in [3.8, 4) is 11.5 Å². The van der Waals surface area contributed by atoms with Gasteiger partial charge in [-0.05, 0) is 36.8 Å². The minimum Gasteiger partial charge on any atom is -0.494 e. The van der Waals surface area contributed by atoms with E-state index >= 15 is 0 Å². The molecule has 0 amide bonds. The zero-order valence-corrected chi connectivity index (χ0v) is 15.8. The summed E-state index contributed by atoms with van der Waals surface area (Å²) in [6.45, 7) is 2.80. The van der Waals surface area contributed by atoms with Gasteiger partial charge in [0.1, 0.15) is 11.5 Å². The molecule has 0 bridgehead atoms. The molecule has 0 aliphatic heterocycles. The molecule has 148 valence electrons. The summed E-state index contributed by atoms with van der Waals surface area (Å²) in [6.07, 6.45) is 6.16. The lowest BCUT2D eigenvalue weighted by molar-refractivity contribution is -0.384. The van der Waals surface area contributed by atoms with Gasteiger partial charge in [0, 0.05) is 12.1 Å². The Labute approximate surface area is 163 Å². The lowest BCUT2D eigenvalue weighted by Crippen LogP contribution is -2.10. The van der Waals surface area contributed by atoms with E-state index in [1.165, 1.54) is 31.4 Å². The number of non-ortho nitro benzene ring substituents is 1. The maximum Gasteiger partial charge on any atom is 0.343 e. The SMILES string of the molecule is CCCCCCCOc1ccc(C(=O)Oc2ccc([N+](=O)[O-])cc2C=O)cc1. The summed E-state index contributed by atoms with van der Waals surface area (Å²) in [6, 6.07) is 9.97. The standard InChI is InChI=1S/C21H23NO6/c1-2-3-4-5-6-13-27-19-10-7-16(8-11-19)21(24)28-20-12-9-18(22(25)26)14-17(20)15-23/h7-12,14-15H,2-6,13H2,1H3. The lowest BCUT2D eigenvalue weighted by Gasteiger charge is -2.08. The molecule has 0 fully saturated rings. The zero-order chi connectivity index (χ0) is 20.4. The number of nitro groups is 1. The molecule has 0 spiro atoms. The van der Waals surface area contributed by atoms with Crippen LogP contribution in [0.3, 0.4) is 0 Å². The summed E-state index contributed by atoms with van der Waals surface area (Å²) >= 11 is 0. The topological polar surface area (TPSA) is 95.7 Å². The number of carbonyl (C=O) groups excluding carboxylic acids is 2.